The fourth-order valence-corrected chi connectivity index (χ4v) is 8.47. The van der Waals surface area contributed by atoms with Gasteiger partial charge in [0, 0.05) is 36.8 Å². The van der Waals surface area contributed by atoms with Crippen LogP contribution in [-0.4, -0.2) is 132 Å². The topological polar surface area (TPSA) is 341 Å². The number of benzene rings is 4. The Bertz CT molecular complexity index is 2680. The van der Waals surface area contributed by atoms with E-state index in [1.807, 2.05) is 36.4 Å². The second-order valence-corrected chi connectivity index (χ2v) is 18.6. The molecule has 0 bridgehead atoms. The van der Waals surface area contributed by atoms with Crippen molar-refractivity contribution >= 4 is 58.6 Å². The number of carbonyl (C=O) groups is 8. The minimum atomic E-state index is -1.53. The average molecular weight is 1070 g/mol. The Morgan fingerprint density at radius 1 is 0.805 bits per heavy atom. The van der Waals surface area contributed by atoms with E-state index < -0.39 is 96.9 Å². The maximum absolute atomic E-state index is 13.5. The summed E-state index contributed by atoms with van der Waals surface area (Å²) in [6, 6.07) is 25.9. The molecule has 12 N–H and O–H groups in total. The number of primary amides is 2. The number of aliphatic hydroxyl groups is 2. The maximum atomic E-state index is 13.5. The number of unbranched alkanes of at least 4 members (excludes halogenated alkanes) is 1. The second kappa shape index (κ2) is 28.3. The first-order valence-electron chi connectivity index (χ1n) is 25.2. The molecule has 4 aromatic carbocycles. The standard InChI is InChI=1S/C54H67N9O14/c1-31(59-51(71)32(2)76-47-45(60-33(3)65)54(77-43(27-64)46(47)67)75-29-35-14-8-5-9-15-35)50(70)62-41(49(56)69)23-24-44(66)61-40(48(55)68)16-10-11-25-57-52(72)36-17-22-39-42(26-36)58-30-63(53(39)73)37-18-20-38(21-19-37)74-28-34-12-6-4-7-13-34/h4-9,12-15,17-22,26,31-32,40-41,43,45-47,54,58,64,67H,10-11,16,23-25,27-30H2,1-3H3,(H2,55,68)(H2,56,69)(H,57,72)(H,59,71)(H,60,65)(H,61,66)(H,62,70)/t31-,32+,40-,41+,43+,45+,46+,47+,54-/m0/s1. The number of rotatable bonds is 27. The van der Waals surface area contributed by atoms with E-state index in [0.717, 1.165) is 11.1 Å². The molecule has 1 fully saturated rings. The summed E-state index contributed by atoms with van der Waals surface area (Å²) in [5.41, 5.74) is 14.8. The van der Waals surface area contributed by atoms with Crippen molar-refractivity contribution in [2.45, 2.75) is 121 Å². The van der Waals surface area contributed by atoms with Gasteiger partial charge in [0.1, 0.15) is 60.9 Å². The van der Waals surface area contributed by atoms with E-state index in [2.05, 4.69) is 31.9 Å². The highest BCUT2D eigenvalue weighted by molar-refractivity contribution is 6.12. The number of aliphatic hydroxyl groups excluding tert-OH is 2. The van der Waals surface area contributed by atoms with Gasteiger partial charge in [0.25, 0.3) is 11.8 Å². The highest BCUT2D eigenvalue weighted by Crippen LogP contribution is 2.30. The summed E-state index contributed by atoms with van der Waals surface area (Å²) in [5, 5.41) is 37.1. The lowest BCUT2D eigenvalue weighted by Gasteiger charge is -2.44. The van der Waals surface area contributed by atoms with Gasteiger partial charge in [-0.15, -0.1) is 0 Å². The Morgan fingerprint density at radius 3 is 2.09 bits per heavy atom. The van der Waals surface area contributed by atoms with E-state index in [9.17, 15) is 48.6 Å². The molecule has 1 saturated heterocycles. The molecule has 412 valence electrons. The third-order valence-corrected chi connectivity index (χ3v) is 12.7. The minimum absolute atomic E-state index is 0.0379. The van der Waals surface area contributed by atoms with Crippen molar-refractivity contribution in [3.8, 4) is 5.75 Å². The van der Waals surface area contributed by atoms with Gasteiger partial charge in [0.2, 0.25) is 35.4 Å². The summed E-state index contributed by atoms with van der Waals surface area (Å²) in [6.07, 6.45) is -6.38. The molecule has 2 aliphatic heterocycles. The van der Waals surface area contributed by atoms with Crippen molar-refractivity contribution in [1.29, 1.82) is 0 Å². The Labute approximate surface area is 445 Å². The largest absolute Gasteiger partial charge is 0.489 e. The summed E-state index contributed by atoms with van der Waals surface area (Å²) in [5.74, 6) is -4.61. The molecule has 23 heteroatoms. The van der Waals surface area contributed by atoms with Gasteiger partial charge in [-0.2, -0.15) is 0 Å². The van der Waals surface area contributed by atoms with Crippen LogP contribution in [0.5, 0.6) is 5.75 Å². The number of hydrogen-bond donors (Lipinski definition) is 10. The fourth-order valence-electron chi connectivity index (χ4n) is 8.47. The predicted molar refractivity (Wildman–Crippen MR) is 279 cm³/mol. The first kappa shape index (κ1) is 58.3. The van der Waals surface area contributed by atoms with Crippen LogP contribution in [-0.2, 0) is 56.2 Å². The quantitative estimate of drug-likeness (QED) is 0.0373. The van der Waals surface area contributed by atoms with Gasteiger partial charge in [-0.05, 0) is 93.1 Å². The first-order valence-corrected chi connectivity index (χ1v) is 25.2. The Morgan fingerprint density at radius 2 is 1.45 bits per heavy atom. The van der Waals surface area contributed by atoms with Crippen LogP contribution in [0.25, 0.3) is 0 Å². The molecule has 2 heterocycles. The number of fused-ring (bicyclic) bond motifs is 1. The second-order valence-electron chi connectivity index (χ2n) is 18.6. The number of nitrogens with zero attached hydrogens (tertiary/aromatic N) is 1. The van der Waals surface area contributed by atoms with Crippen LogP contribution in [0.4, 0.5) is 11.4 Å². The zero-order valence-electron chi connectivity index (χ0n) is 43.0. The van der Waals surface area contributed by atoms with E-state index in [1.54, 1.807) is 71.6 Å². The van der Waals surface area contributed by atoms with Crippen LogP contribution in [0.1, 0.15) is 84.7 Å². The molecule has 0 unspecified atom stereocenters. The molecule has 0 radical (unpaired) electrons. The molecule has 23 nitrogen and oxygen atoms in total. The smallest absolute Gasteiger partial charge is 0.261 e. The van der Waals surface area contributed by atoms with E-state index >= 15 is 0 Å². The van der Waals surface area contributed by atoms with E-state index in [1.165, 1.54) is 20.8 Å². The molecule has 77 heavy (non-hydrogen) atoms. The fraction of sp³-hybridized carbons (Fsp3) is 0.407. The minimum Gasteiger partial charge on any atom is -0.489 e. The monoisotopic (exact) mass is 1070 g/mol. The highest BCUT2D eigenvalue weighted by Gasteiger charge is 2.48. The zero-order chi connectivity index (χ0) is 55.6. The lowest BCUT2D eigenvalue weighted by Crippen LogP contribution is -2.66. The molecule has 6 rings (SSSR count). The lowest BCUT2D eigenvalue weighted by molar-refractivity contribution is -0.283. The zero-order valence-corrected chi connectivity index (χ0v) is 43.0. The summed E-state index contributed by atoms with van der Waals surface area (Å²) >= 11 is 0. The molecular weight excluding hydrogens is 999 g/mol. The van der Waals surface area contributed by atoms with Crippen molar-refractivity contribution < 1.29 is 67.5 Å². The number of nitrogens with one attached hydrogen (secondary N) is 6. The third kappa shape index (κ3) is 16.8. The van der Waals surface area contributed by atoms with Gasteiger partial charge in [-0.25, -0.2) is 0 Å². The van der Waals surface area contributed by atoms with Gasteiger partial charge < -0.3 is 72.5 Å². The molecule has 0 spiro atoms. The van der Waals surface area contributed by atoms with Crippen LogP contribution >= 0.6 is 0 Å². The van der Waals surface area contributed by atoms with Crippen LogP contribution in [0, 0.1) is 0 Å². The number of anilines is 2. The molecule has 8 amide bonds. The molecular formula is C54H67N9O14. The molecule has 2 aliphatic rings. The molecule has 9 atom stereocenters. The first-order chi connectivity index (χ1) is 36.9. The van der Waals surface area contributed by atoms with Crippen molar-refractivity contribution in [2.24, 2.45) is 11.5 Å². The maximum Gasteiger partial charge on any atom is 0.261 e. The Balaban J connectivity index is 0.906. The van der Waals surface area contributed by atoms with Crippen molar-refractivity contribution in [3.05, 3.63) is 125 Å². The van der Waals surface area contributed by atoms with Gasteiger partial charge in [0.15, 0.2) is 6.29 Å². The normalized spacial score (nSPS) is 19.4. The van der Waals surface area contributed by atoms with E-state index in [-0.39, 0.29) is 50.9 Å². The number of amides is 8. The predicted octanol–water partition coefficient (Wildman–Crippen LogP) is 0.994. The molecule has 0 saturated carbocycles. The van der Waals surface area contributed by atoms with Crippen molar-refractivity contribution in [1.82, 2.24) is 26.6 Å². The van der Waals surface area contributed by atoms with Gasteiger partial charge in [-0.1, -0.05) is 60.7 Å². The number of ether oxygens (including phenoxy) is 4. The SMILES string of the molecule is CC(=O)N[C@H]1[C@@H](OCc2ccccc2)O[C@H](CO)[C@@H](O)[C@@H]1O[C@H](C)C(=O)N[C@@H](C)C(=O)N[C@H](CCC(=O)N[C@@H](CCCCNC(=O)c1ccc2c(c1)NCN(c1ccc(OCc3ccccc3)cc1)C2=O)C(N)=O)C(N)=O. The molecule has 0 aliphatic carbocycles. The number of carbonyl (C=O) groups excluding carboxylic acids is 8. The Hall–Kier alpha value is -7.96. The van der Waals surface area contributed by atoms with Crippen LogP contribution < -0.4 is 53.0 Å². The summed E-state index contributed by atoms with van der Waals surface area (Å²) < 4.78 is 23.5. The van der Waals surface area contributed by atoms with Crippen molar-refractivity contribution in [2.75, 3.05) is 30.0 Å². The van der Waals surface area contributed by atoms with Gasteiger partial charge in [-0.3, -0.25) is 43.3 Å². The van der Waals surface area contributed by atoms with Gasteiger partial charge in [0.05, 0.1) is 25.4 Å². The number of nitrogens with two attached hydrogens (primary N) is 2. The highest BCUT2D eigenvalue weighted by atomic mass is 16.7. The summed E-state index contributed by atoms with van der Waals surface area (Å²) in [4.78, 5) is 105. The van der Waals surface area contributed by atoms with Crippen LogP contribution in [0.3, 0.4) is 0 Å². The summed E-state index contributed by atoms with van der Waals surface area (Å²) in [6.45, 7) is 4.09. The van der Waals surface area contributed by atoms with Crippen LogP contribution in [0.15, 0.2) is 103 Å². The lowest BCUT2D eigenvalue weighted by atomic mass is 9.96. The van der Waals surface area contributed by atoms with E-state index in [4.69, 9.17) is 30.4 Å². The van der Waals surface area contributed by atoms with Gasteiger partial charge >= 0.3 is 0 Å². The van der Waals surface area contributed by atoms with Crippen LogP contribution in [0.2, 0.25) is 0 Å². The molecule has 4 aromatic rings. The third-order valence-electron chi connectivity index (χ3n) is 12.7. The number of hydrogen-bond acceptors (Lipinski definition) is 15. The van der Waals surface area contributed by atoms with E-state index in [0.29, 0.717) is 47.7 Å². The summed E-state index contributed by atoms with van der Waals surface area (Å²) in [7, 11) is 0. The Kier molecular flexibility index (Phi) is 21.4. The van der Waals surface area contributed by atoms with Crippen molar-refractivity contribution in [3.63, 3.8) is 0 Å². The molecule has 0 aromatic heterocycles. The average Bonchev–Trinajstić information content (AvgIpc) is 3.42.